The van der Waals surface area contributed by atoms with E-state index in [0.29, 0.717) is 70.2 Å². The van der Waals surface area contributed by atoms with Crippen LogP contribution in [-0.2, 0) is 31.0 Å². The van der Waals surface area contributed by atoms with E-state index in [2.05, 4.69) is 47.1 Å². The van der Waals surface area contributed by atoms with Gasteiger partial charge in [-0.2, -0.15) is 5.11 Å². The summed E-state index contributed by atoms with van der Waals surface area (Å²) in [6.07, 6.45) is 9.17. The van der Waals surface area contributed by atoms with Crippen molar-refractivity contribution in [3.63, 3.8) is 0 Å². The minimum atomic E-state index is -0.474. The van der Waals surface area contributed by atoms with Crippen LogP contribution in [0.5, 0.6) is 0 Å². The fourth-order valence-electron chi connectivity index (χ4n) is 4.95. The van der Waals surface area contributed by atoms with Crippen molar-refractivity contribution < 1.29 is 9.59 Å². The average molecular weight is 647 g/mol. The summed E-state index contributed by atoms with van der Waals surface area (Å²) in [5.41, 5.74) is 12.5. The smallest absolute Gasteiger partial charge is 0.168 e. The third-order valence-electron chi connectivity index (χ3n) is 7.38. The maximum Gasteiger partial charge on any atom is 0.168 e. The van der Waals surface area contributed by atoms with Crippen LogP contribution in [0, 0.1) is 5.53 Å². The molecule has 2 N–H and O–H groups in total. The van der Waals surface area contributed by atoms with Crippen LogP contribution in [0.4, 0.5) is 0 Å². The number of nitrogens with one attached hydrogen (secondary N) is 2. The Morgan fingerprint density at radius 3 is 2.38 bits per heavy atom. The molecule has 0 aliphatic carbocycles. The Morgan fingerprint density at radius 1 is 0.938 bits per heavy atom. The van der Waals surface area contributed by atoms with E-state index >= 15 is 0 Å². The van der Waals surface area contributed by atoms with Gasteiger partial charge in [-0.15, -0.1) is 11.7 Å². The second-order valence-electron chi connectivity index (χ2n) is 11.2. The van der Waals surface area contributed by atoms with Gasteiger partial charge in [0.15, 0.2) is 6.29 Å². The highest BCUT2D eigenvalue weighted by atomic mass is 16.1. The molecule has 2 heterocycles. The predicted octanol–water partition coefficient (Wildman–Crippen LogP) is 4.71. The largest absolute Gasteiger partial charge is 0.385 e. The lowest BCUT2D eigenvalue weighted by atomic mass is 10.2. The molecule has 2 aromatic heterocycles. The molecule has 0 amide bonds. The van der Waals surface area contributed by atoms with Gasteiger partial charge < -0.3 is 10.1 Å². The molecule has 0 saturated carbocycles. The number of hydrogen-bond donors (Lipinski definition) is 2. The molecule has 0 spiro atoms. The summed E-state index contributed by atoms with van der Waals surface area (Å²) in [5.74, 6) is 0. The highest BCUT2D eigenvalue weighted by Crippen LogP contribution is 2.10. The first kappa shape index (κ1) is 35.4. The van der Waals surface area contributed by atoms with Gasteiger partial charge in [-0.3, -0.25) is 19.6 Å². The van der Waals surface area contributed by atoms with Gasteiger partial charge in [-0.25, -0.2) is 15.2 Å². The van der Waals surface area contributed by atoms with Crippen LogP contribution in [0.3, 0.4) is 0 Å². The number of aliphatic imine (C=N–C) groups is 1. The van der Waals surface area contributed by atoms with Crippen LogP contribution in [0.15, 0.2) is 120 Å². The van der Waals surface area contributed by atoms with Crippen molar-refractivity contribution in [2.45, 2.75) is 38.6 Å². The fraction of sp³-hybridized carbons (Fsp3) is 0.278. The van der Waals surface area contributed by atoms with Crippen LogP contribution in [0.2, 0.25) is 0 Å². The Morgan fingerprint density at radius 2 is 1.67 bits per heavy atom. The first-order valence-corrected chi connectivity index (χ1v) is 15.8. The summed E-state index contributed by atoms with van der Waals surface area (Å²) in [6, 6.07) is 25.0. The second-order valence-corrected chi connectivity index (χ2v) is 11.2. The number of aromatic nitrogens is 4. The van der Waals surface area contributed by atoms with Gasteiger partial charge in [-0.1, -0.05) is 78.0 Å². The van der Waals surface area contributed by atoms with E-state index in [0.717, 1.165) is 35.1 Å². The molecular weight excluding hydrogens is 604 g/mol. The molecule has 0 bridgehead atoms. The molecular formula is C36H42N10O2. The minimum Gasteiger partial charge on any atom is -0.385 e. The summed E-state index contributed by atoms with van der Waals surface area (Å²) in [5, 5.41) is 15.8. The van der Waals surface area contributed by atoms with E-state index in [4.69, 9.17) is 5.53 Å². The quantitative estimate of drug-likeness (QED) is 0.0541. The Bertz CT molecular complexity index is 1640. The molecule has 12 heteroatoms. The number of carbonyl (C=O) groups is 2. The van der Waals surface area contributed by atoms with E-state index in [9.17, 15) is 9.59 Å². The highest BCUT2D eigenvalue weighted by Gasteiger charge is 2.15. The van der Waals surface area contributed by atoms with Crippen LogP contribution in [0.1, 0.15) is 39.4 Å². The number of benzene rings is 2. The monoisotopic (exact) mass is 646 g/mol. The third kappa shape index (κ3) is 12.4. The zero-order valence-electron chi connectivity index (χ0n) is 27.0. The number of carbonyl (C=O) groups excluding carboxylic acids is 2. The van der Waals surface area contributed by atoms with E-state index in [1.165, 1.54) is 0 Å². The standard InChI is InChI=1S/C36H42N10O2/c1-2-10-33(28-47)39-17-18-44(26-36-27-46(43-42-36)23-31-13-7-4-8-14-31)19-20-45(24-32-15-9-16-34(29-48)40-32)25-35(41-37)22-38-21-30-11-5-3-6-12-30/h2-9,11-17,22,27-29,33,37-38H,1,10,18-21,23-26H2/b35-22-,39-17+,41-37?. The van der Waals surface area contributed by atoms with Gasteiger partial charge in [-0.05, 0) is 29.7 Å². The molecule has 0 saturated heterocycles. The van der Waals surface area contributed by atoms with Crippen molar-refractivity contribution in [1.29, 1.82) is 5.53 Å². The van der Waals surface area contributed by atoms with Crippen molar-refractivity contribution in [1.82, 2.24) is 35.1 Å². The van der Waals surface area contributed by atoms with Crippen LogP contribution in [0.25, 0.3) is 0 Å². The number of rotatable bonds is 22. The molecule has 1 atom stereocenters. The number of hydrogen-bond acceptors (Lipinski definition) is 11. The SMILES string of the molecule is C=CCC(C=O)/N=C/CN(CCN(C/C(=C/NCc1ccccc1)N=N)Cc1cccc(C=O)n1)Cc1cn(Cc2ccccc2)nn1. The Hall–Kier alpha value is -5.46. The average Bonchev–Trinajstić information content (AvgIpc) is 3.56. The van der Waals surface area contributed by atoms with Crippen molar-refractivity contribution >= 4 is 18.8 Å². The summed E-state index contributed by atoms with van der Waals surface area (Å²) in [7, 11) is 0. The molecule has 4 aromatic rings. The van der Waals surface area contributed by atoms with Gasteiger partial charge in [0, 0.05) is 58.2 Å². The number of nitrogens with zero attached hydrogens (tertiary/aromatic N) is 8. The summed E-state index contributed by atoms with van der Waals surface area (Å²) >= 11 is 0. The minimum absolute atomic E-state index is 0.360. The molecule has 0 aliphatic rings. The van der Waals surface area contributed by atoms with Gasteiger partial charge in [0.2, 0.25) is 0 Å². The Kier molecular flexibility index (Phi) is 14.7. The first-order valence-electron chi connectivity index (χ1n) is 15.8. The van der Waals surface area contributed by atoms with E-state index in [1.807, 2.05) is 83.7 Å². The number of aldehydes is 2. The summed E-state index contributed by atoms with van der Waals surface area (Å²) in [4.78, 5) is 36.1. The van der Waals surface area contributed by atoms with Crippen molar-refractivity contribution in [2.24, 2.45) is 10.1 Å². The molecule has 1 unspecified atom stereocenters. The van der Waals surface area contributed by atoms with Crippen LogP contribution in [-0.4, -0.2) is 80.8 Å². The lowest BCUT2D eigenvalue weighted by Gasteiger charge is -2.26. The normalized spacial score (nSPS) is 12.3. The Balaban J connectivity index is 1.49. The molecule has 2 aromatic carbocycles. The molecule has 248 valence electrons. The van der Waals surface area contributed by atoms with E-state index in [-0.39, 0.29) is 0 Å². The first-order chi connectivity index (χ1) is 23.6. The summed E-state index contributed by atoms with van der Waals surface area (Å²) in [6.45, 7) is 7.91. The van der Waals surface area contributed by atoms with E-state index < -0.39 is 6.04 Å². The molecule has 0 radical (unpaired) electrons. The third-order valence-corrected chi connectivity index (χ3v) is 7.38. The van der Waals surface area contributed by atoms with Crippen molar-refractivity contribution in [3.05, 3.63) is 138 Å². The second kappa shape index (κ2) is 19.9. The predicted molar refractivity (Wildman–Crippen MR) is 185 cm³/mol. The molecule has 4 rings (SSSR count). The van der Waals surface area contributed by atoms with Crippen molar-refractivity contribution in [3.8, 4) is 0 Å². The zero-order chi connectivity index (χ0) is 33.8. The molecule has 0 aliphatic heterocycles. The summed E-state index contributed by atoms with van der Waals surface area (Å²) < 4.78 is 1.82. The lowest BCUT2D eigenvalue weighted by molar-refractivity contribution is -0.108. The highest BCUT2D eigenvalue weighted by molar-refractivity contribution is 5.71. The van der Waals surface area contributed by atoms with Gasteiger partial charge in [0.05, 0.1) is 29.8 Å². The maximum absolute atomic E-state index is 11.5. The number of pyridine rings is 1. The van der Waals surface area contributed by atoms with Gasteiger partial charge in [0.25, 0.3) is 0 Å². The van der Waals surface area contributed by atoms with Gasteiger partial charge >= 0.3 is 0 Å². The topological polar surface area (TPSA) is 145 Å². The lowest BCUT2D eigenvalue weighted by Crippen LogP contribution is -2.37. The van der Waals surface area contributed by atoms with E-state index in [1.54, 1.807) is 24.6 Å². The van der Waals surface area contributed by atoms with Crippen LogP contribution >= 0.6 is 0 Å². The van der Waals surface area contributed by atoms with Crippen molar-refractivity contribution in [2.75, 3.05) is 26.2 Å². The maximum atomic E-state index is 11.5. The zero-order valence-corrected chi connectivity index (χ0v) is 27.0. The molecule has 12 nitrogen and oxygen atoms in total. The molecule has 48 heavy (non-hydrogen) atoms. The molecule has 0 fully saturated rings. The Labute approximate surface area is 281 Å². The fourth-order valence-corrected chi connectivity index (χ4v) is 4.95. The van der Waals surface area contributed by atoms with Crippen LogP contribution < -0.4 is 5.32 Å². The van der Waals surface area contributed by atoms with Gasteiger partial charge in [0.1, 0.15) is 18.0 Å².